The van der Waals surface area contributed by atoms with Gasteiger partial charge in [0.2, 0.25) is 5.91 Å². The average molecular weight is 410 g/mol. The number of nitrogens with one attached hydrogen (secondary N) is 3. The molecule has 0 fully saturated rings. The number of likely N-dealkylation sites (N-methyl/N-ethyl adjacent to an activating group) is 1. The molecule has 0 aliphatic heterocycles. The fourth-order valence-electron chi connectivity index (χ4n) is 2.19. The number of hydrogen-bond acceptors (Lipinski definition) is 4. The van der Waals surface area contributed by atoms with E-state index >= 15 is 0 Å². The van der Waals surface area contributed by atoms with Gasteiger partial charge in [-0.25, -0.2) is 8.42 Å². The molecule has 0 bridgehead atoms. The molecule has 0 aromatic heterocycles. The molecule has 2 rings (SSSR count). The highest BCUT2D eigenvalue weighted by Gasteiger charge is 2.18. The van der Waals surface area contributed by atoms with Crippen molar-refractivity contribution in [2.45, 2.75) is 24.8 Å². The van der Waals surface area contributed by atoms with Gasteiger partial charge in [0, 0.05) is 22.8 Å². The molecular weight excluding hydrogens is 390 g/mol. The predicted octanol–water partition coefficient (Wildman–Crippen LogP) is 2.40. The molecule has 2 amide bonds. The maximum absolute atomic E-state index is 12.4. The summed E-state index contributed by atoms with van der Waals surface area (Å²) in [4.78, 5) is 23.9. The summed E-state index contributed by atoms with van der Waals surface area (Å²) in [7, 11) is -3.80. The highest BCUT2D eigenvalue weighted by atomic mass is 35.5. The minimum atomic E-state index is -3.80. The Balaban J connectivity index is 2.08. The number of carbonyl (C=O) groups is 2. The number of anilines is 1. The lowest BCUT2D eigenvalue weighted by Gasteiger charge is -2.13. The highest BCUT2D eigenvalue weighted by molar-refractivity contribution is 7.92. The van der Waals surface area contributed by atoms with Crippen LogP contribution in [0.2, 0.25) is 5.02 Å². The Morgan fingerprint density at radius 2 is 1.63 bits per heavy atom. The molecule has 0 aliphatic carbocycles. The first-order chi connectivity index (χ1) is 12.7. The van der Waals surface area contributed by atoms with Crippen molar-refractivity contribution in [1.82, 2.24) is 10.6 Å². The van der Waals surface area contributed by atoms with Crippen LogP contribution in [0.25, 0.3) is 0 Å². The molecule has 0 saturated heterocycles. The number of carbonyl (C=O) groups excluding carboxylic acids is 2. The van der Waals surface area contributed by atoms with E-state index in [9.17, 15) is 18.0 Å². The van der Waals surface area contributed by atoms with Crippen molar-refractivity contribution in [2.24, 2.45) is 0 Å². The van der Waals surface area contributed by atoms with E-state index in [1.807, 2.05) is 0 Å². The fourth-order valence-corrected chi connectivity index (χ4v) is 3.37. The van der Waals surface area contributed by atoms with Crippen LogP contribution in [0.5, 0.6) is 0 Å². The van der Waals surface area contributed by atoms with Crippen LogP contribution < -0.4 is 15.4 Å². The van der Waals surface area contributed by atoms with Crippen LogP contribution in [0.3, 0.4) is 0 Å². The molecule has 9 heteroatoms. The van der Waals surface area contributed by atoms with Crippen molar-refractivity contribution < 1.29 is 18.0 Å². The third-order valence-electron chi connectivity index (χ3n) is 3.62. The summed E-state index contributed by atoms with van der Waals surface area (Å²) in [5.74, 6) is -0.763. The summed E-state index contributed by atoms with van der Waals surface area (Å²) in [6.07, 6.45) is 0. The van der Waals surface area contributed by atoms with E-state index in [4.69, 9.17) is 11.6 Å². The Bertz CT molecular complexity index is 913. The number of hydrogen-bond donors (Lipinski definition) is 3. The number of sulfonamides is 1. The zero-order valence-corrected chi connectivity index (χ0v) is 16.4. The van der Waals surface area contributed by atoms with E-state index in [2.05, 4.69) is 15.4 Å². The van der Waals surface area contributed by atoms with Gasteiger partial charge in [-0.15, -0.1) is 0 Å². The molecule has 2 aromatic rings. The van der Waals surface area contributed by atoms with Crippen LogP contribution in [0.4, 0.5) is 5.69 Å². The second-order valence-corrected chi connectivity index (χ2v) is 7.85. The lowest BCUT2D eigenvalue weighted by Crippen LogP contribution is -2.44. The molecule has 0 aliphatic rings. The zero-order valence-electron chi connectivity index (χ0n) is 14.8. The molecule has 1 atom stereocenters. The Labute approximate surface area is 163 Å². The predicted molar refractivity (Wildman–Crippen MR) is 104 cm³/mol. The molecule has 144 valence electrons. The van der Waals surface area contributed by atoms with Crippen LogP contribution >= 0.6 is 11.6 Å². The van der Waals surface area contributed by atoms with Crippen molar-refractivity contribution >= 4 is 39.1 Å². The first-order valence-electron chi connectivity index (χ1n) is 8.20. The van der Waals surface area contributed by atoms with E-state index in [0.717, 1.165) is 0 Å². The van der Waals surface area contributed by atoms with Crippen LogP contribution in [-0.4, -0.2) is 32.8 Å². The third kappa shape index (κ3) is 5.70. The van der Waals surface area contributed by atoms with Crippen molar-refractivity contribution in [1.29, 1.82) is 0 Å². The second-order valence-electron chi connectivity index (χ2n) is 5.73. The fraction of sp³-hybridized carbons (Fsp3) is 0.222. The monoisotopic (exact) mass is 409 g/mol. The molecule has 0 saturated carbocycles. The van der Waals surface area contributed by atoms with Gasteiger partial charge in [-0.2, -0.15) is 0 Å². The lowest BCUT2D eigenvalue weighted by molar-refractivity contribution is -0.122. The summed E-state index contributed by atoms with van der Waals surface area (Å²) < 4.78 is 27.2. The quantitative estimate of drug-likeness (QED) is 0.653. The maximum Gasteiger partial charge on any atom is 0.261 e. The molecule has 0 heterocycles. The summed E-state index contributed by atoms with van der Waals surface area (Å²) in [5, 5.41) is 5.66. The van der Waals surface area contributed by atoms with Gasteiger partial charge in [0.1, 0.15) is 6.04 Å². The summed E-state index contributed by atoms with van der Waals surface area (Å²) >= 11 is 5.78. The minimum absolute atomic E-state index is 0.00535. The number of halogens is 1. The van der Waals surface area contributed by atoms with Gasteiger partial charge in [0.05, 0.1) is 4.90 Å². The zero-order chi connectivity index (χ0) is 20.0. The lowest BCUT2D eigenvalue weighted by atomic mass is 10.2. The van der Waals surface area contributed by atoms with E-state index in [1.54, 1.807) is 38.1 Å². The molecule has 2 aromatic carbocycles. The van der Waals surface area contributed by atoms with Gasteiger partial charge < -0.3 is 10.6 Å². The molecular formula is C18H20ClN3O4S. The van der Waals surface area contributed by atoms with E-state index in [0.29, 0.717) is 17.3 Å². The average Bonchev–Trinajstić information content (AvgIpc) is 2.63. The van der Waals surface area contributed by atoms with E-state index in [1.165, 1.54) is 24.3 Å². The van der Waals surface area contributed by atoms with Crippen LogP contribution in [0.15, 0.2) is 53.4 Å². The molecule has 27 heavy (non-hydrogen) atoms. The molecule has 0 radical (unpaired) electrons. The maximum atomic E-state index is 12.4. The van der Waals surface area contributed by atoms with Crippen LogP contribution in [0.1, 0.15) is 24.2 Å². The van der Waals surface area contributed by atoms with E-state index in [-0.39, 0.29) is 16.4 Å². The Morgan fingerprint density at radius 3 is 2.19 bits per heavy atom. The molecule has 1 unspecified atom stereocenters. The normalized spacial score (nSPS) is 12.1. The first-order valence-corrected chi connectivity index (χ1v) is 10.1. The minimum Gasteiger partial charge on any atom is -0.355 e. The number of benzene rings is 2. The summed E-state index contributed by atoms with van der Waals surface area (Å²) in [6, 6.07) is 11.0. The largest absolute Gasteiger partial charge is 0.355 e. The molecule has 7 nitrogen and oxygen atoms in total. The Hall–Kier alpha value is -2.58. The summed E-state index contributed by atoms with van der Waals surface area (Å²) in [5.41, 5.74) is 0.619. The Morgan fingerprint density at radius 1 is 1.04 bits per heavy atom. The highest BCUT2D eigenvalue weighted by Crippen LogP contribution is 2.18. The third-order valence-corrected chi connectivity index (χ3v) is 5.26. The topological polar surface area (TPSA) is 104 Å². The van der Waals surface area contributed by atoms with Crippen molar-refractivity contribution in [3.63, 3.8) is 0 Å². The van der Waals surface area contributed by atoms with Crippen molar-refractivity contribution in [2.75, 3.05) is 11.3 Å². The van der Waals surface area contributed by atoms with Gasteiger partial charge in [-0.1, -0.05) is 11.6 Å². The van der Waals surface area contributed by atoms with Gasteiger partial charge >= 0.3 is 0 Å². The second kappa shape index (κ2) is 8.88. The van der Waals surface area contributed by atoms with E-state index < -0.39 is 22.0 Å². The van der Waals surface area contributed by atoms with Crippen molar-refractivity contribution in [3.05, 3.63) is 59.1 Å². The standard InChI is InChI=1S/C18H20ClN3O4S/c1-3-20-17(23)12(2)21-18(24)13-4-10-16(11-5-13)27(25,26)22-15-8-6-14(19)7-9-15/h4-12,22H,3H2,1-2H3,(H,20,23)(H,21,24). The molecule has 3 N–H and O–H groups in total. The first kappa shape index (κ1) is 20.7. The van der Waals surface area contributed by atoms with Crippen LogP contribution in [-0.2, 0) is 14.8 Å². The summed E-state index contributed by atoms with van der Waals surface area (Å²) in [6.45, 7) is 3.81. The van der Waals surface area contributed by atoms with Gasteiger partial charge in [-0.3, -0.25) is 14.3 Å². The van der Waals surface area contributed by atoms with Gasteiger partial charge in [0.15, 0.2) is 0 Å². The number of rotatable bonds is 7. The van der Waals surface area contributed by atoms with Gasteiger partial charge in [0.25, 0.3) is 15.9 Å². The SMILES string of the molecule is CCNC(=O)C(C)NC(=O)c1ccc(S(=O)(=O)Nc2ccc(Cl)cc2)cc1. The smallest absolute Gasteiger partial charge is 0.261 e. The molecule has 0 spiro atoms. The van der Waals surface area contributed by atoms with Crippen molar-refractivity contribution in [3.8, 4) is 0 Å². The number of amides is 2. The van der Waals surface area contributed by atoms with Gasteiger partial charge in [-0.05, 0) is 62.4 Å². The van der Waals surface area contributed by atoms with Crippen LogP contribution in [0, 0.1) is 0 Å². The Kier molecular flexibility index (Phi) is 6.81.